The monoisotopic (exact) mass is 372 g/mol. The van der Waals surface area contributed by atoms with Crippen molar-refractivity contribution in [1.29, 1.82) is 0 Å². The molecule has 1 atom stereocenters. The summed E-state index contributed by atoms with van der Waals surface area (Å²) < 4.78 is 32.9. The van der Waals surface area contributed by atoms with Crippen LogP contribution in [0.2, 0.25) is 0 Å². The summed E-state index contributed by atoms with van der Waals surface area (Å²) in [6, 6.07) is 0. The maximum absolute atomic E-state index is 11.9. The number of esters is 1. The van der Waals surface area contributed by atoms with Crippen molar-refractivity contribution in [1.82, 2.24) is 0 Å². The number of carbonyl (C=O) groups is 1. The van der Waals surface area contributed by atoms with Crippen LogP contribution >= 0.6 is 0 Å². The summed E-state index contributed by atoms with van der Waals surface area (Å²) in [5.74, 6) is -3.43. The van der Waals surface area contributed by atoms with E-state index in [4.69, 9.17) is 26.9 Å². The third kappa shape index (κ3) is 3.84. The van der Waals surface area contributed by atoms with Crippen LogP contribution in [0.4, 0.5) is 0 Å². The molecule has 0 amide bonds. The lowest BCUT2D eigenvalue weighted by atomic mass is 10.1. The molecule has 0 fully saturated rings. The normalized spacial score (nSPS) is 19.5. The van der Waals surface area contributed by atoms with Gasteiger partial charge in [-0.1, -0.05) is 6.58 Å². The zero-order valence-corrected chi connectivity index (χ0v) is 23.1. The summed E-state index contributed by atoms with van der Waals surface area (Å²) in [5, 5.41) is 0. The average Bonchev–Trinajstić information content (AvgIpc) is 2.44. The second-order valence-electron chi connectivity index (χ2n) is 4.20. The minimum atomic E-state index is -1.45. The van der Waals surface area contributed by atoms with Gasteiger partial charge in [-0.25, -0.2) is 4.79 Å². The van der Waals surface area contributed by atoms with Gasteiger partial charge in [0.05, 0.1) is 0 Å². The zero-order chi connectivity index (χ0) is 16.0. The van der Waals surface area contributed by atoms with Crippen molar-refractivity contribution in [2.24, 2.45) is 0 Å². The van der Waals surface area contributed by atoms with Gasteiger partial charge in [-0.2, -0.15) is 0 Å². The molecule has 0 saturated carbocycles. The lowest BCUT2D eigenvalue weighted by Gasteiger charge is -2.48. The van der Waals surface area contributed by atoms with Crippen LogP contribution in [-0.2, 0) is 31.7 Å². The van der Waals surface area contributed by atoms with Crippen LogP contribution in [0.25, 0.3) is 0 Å². The van der Waals surface area contributed by atoms with Gasteiger partial charge in [-0.3, -0.25) is 0 Å². The fourth-order valence-corrected chi connectivity index (χ4v) is 5.34. The van der Waals surface area contributed by atoms with Gasteiger partial charge < -0.3 is 26.9 Å². The standard InChI is InChI=1S/C8H24O7Si5/c1-4(2)5(9)10-7(3,13-18)8(14-19,15-20)6(11-16)12-17/h6H,1H2,2-3,16-20H3. The number of ether oxygens (including phenoxy) is 1. The van der Waals surface area contributed by atoms with Gasteiger partial charge in [0.2, 0.25) is 0 Å². The molecule has 0 bridgehead atoms. The van der Waals surface area contributed by atoms with Crippen LogP contribution < -0.4 is 0 Å². The number of hydrogen-bond acceptors (Lipinski definition) is 7. The molecule has 0 rings (SSSR count). The van der Waals surface area contributed by atoms with Crippen molar-refractivity contribution in [3.63, 3.8) is 0 Å². The summed E-state index contributed by atoms with van der Waals surface area (Å²) in [5.41, 5.74) is 0.265. The minimum absolute atomic E-state index is 0.265. The van der Waals surface area contributed by atoms with E-state index in [1.165, 1.54) is 0 Å². The fourth-order valence-electron chi connectivity index (χ4n) is 1.79. The molecule has 1 unspecified atom stereocenters. The first-order valence-electron chi connectivity index (χ1n) is 5.88. The van der Waals surface area contributed by atoms with E-state index in [2.05, 4.69) is 6.58 Å². The lowest BCUT2D eigenvalue weighted by molar-refractivity contribution is -0.363. The summed E-state index contributed by atoms with van der Waals surface area (Å²) in [6.07, 6.45) is -0.785. The van der Waals surface area contributed by atoms with E-state index in [0.29, 0.717) is 52.4 Å². The fraction of sp³-hybridized carbons (Fsp3) is 0.625. The molecule has 118 valence electrons. The van der Waals surface area contributed by atoms with Gasteiger partial charge in [0.25, 0.3) is 11.6 Å². The Balaban J connectivity index is 5.69. The second kappa shape index (κ2) is 8.52. The second-order valence-corrected chi connectivity index (χ2v) is 6.37. The van der Waals surface area contributed by atoms with Crippen molar-refractivity contribution in [3.8, 4) is 0 Å². The Hall–Kier alpha value is 0.0944. The van der Waals surface area contributed by atoms with Crippen LogP contribution in [0.5, 0.6) is 0 Å². The quantitative estimate of drug-likeness (QED) is 0.173. The van der Waals surface area contributed by atoms with Crippen LogP contribution in [0.1, 0.15) is 13.8 Å². The molecule has 0 aromatic rings. The number of hydrogen-bond donors (Lipinski definition) is 0. The average molecular weight is 373 g/mol. The van der Waals surface area contributed by atoms with Crippen molar-refractivity contribution < 1.29 is 31.7 Å². The van der Waals surface area contributed by atoms with Crippen LogP contribution in [0, 0.1) is 0 Å². The van der Waals surface area contributed by atoms with E-state index in [0.717, 1.165) is 0 Å². The van der Waals surface area contributed by atoms with Gasteiger partial charge >= 0.3 is 5.97 Å². The Morgan fingerprint density at radius 3 is 1.75 bits per heavy atom. The molecule has 0 radical (unpaired) electrons. The van der Waals surface area contributed by atoms with Crippen LogP contribution in [0.15, 0.2) is 12.2 Å². The molecule has 12 heteroatoms. The Morgan fingerprint density at radius 2 is 1.50 bits per heavy atom. The molecule has 0 aromatic heterocycles. The molecular formula is C8H24O7Si5. The van der Waals surface area contributed by atoms with Crippen LogP contribution in [0.3, 0.4) is 0 Å². The number of rotatable bonds is 9. The van der Waals surface area contributed by atoms with E-state index >= 15 is 0 Å². The van der Waals surface area contributed by atoms with Gasteiger partial charge in [-0.15, -0.1) is 0 Å². The molecule has 0 aliphatic heterocycles. The highest BCUT2D eigenvalue weighted by Gasteiger charge is 2.58. The Morgan fingerprint density at radius 1 is 1.05 bits per heavy atom. The topological polar surface area (TPSA) is 72.5 Å². The summed E-state index contributed by atoms with van der Waals surface area (Å²) >= 11 is 0. The Bertz CT molecular complexity index is 346. The summed E-state index contributed by atoms with van der Waals surface area (Å²) in [7, 11) is 1.82. The van der Waals surface area contributed by atoms with Crippen molar-refractivity contribution in [2.75, 3.05) is 0 Å². The molecule has 0 N–H and O–H groups in total. The molecule has 0 aromatic carbocycles. The first-order valence-corrected chi connectivity index (χ1v) is 9.96. The van der Waals surface area contributed by atoms with E-state index < -0.39 is 23.8 Å². The molecule has 0 saturated heterocycles. The predicted molar refractivity (Wildman–Crippen MR) is 90.9 cm³/mol. The Labute approximate surface area is 134 Å². The predicted octanol–water partition coefficient (Wildman–Crippen LogP) is -5.67. The van der Waals surface area contributed by atoms with E-state index in [1.54, 1.807) is 13.8 Å². The molecule has 0 heterocycles. The maximum atomic E-state index is 11.9. The SMILES string of the molecule is C=C(C)C(=O)OC(C)(O[SiH3])C(O[SiH3])(O[SiH3])C(O[SiH3])O[SiH3]. The van der Waals surface area contributed by atoms with Crippen molar-refractivity contribution in [2.45, 2.75) is 31.7 Å². The largest absolute Gasteiger partial charge is 0.425 e. The number of carbonyl (C=O) groups excluding carboxylic acids is 1. The van der Waals surface area contributed by atoms with Gasteiger partial charge in [-0.05, 0) is 6.92 Å². The molecule has 0 aliphatic rings. The third-order valence-electron chi connectivity index (χ3n) is 3.00. The van der Waals surface area contributed by atoms with Crippen molar-refractivity contribution >= 4 is 58.4 Å². The summed E-state index contributed by atoms with van der Waals surface area (Å²) in [6.45, 7) is 6.71. The zero-order valence-electron chi connectivity index (χ0n) is 13.1. The molecule has 20 heavy (non-hydrogen) atoms. The van der Waals surface area contributed by atoms with Crippen LogP contribution in [-0.4, -0.2) is 76.3 Å². The van der Waals surface area contributed by atoms with Gasteiger partial charge in [0.1, 0.15) is 41.9 Å². The molecule has 7 nitrogen and oxygen atoms in total. The minimum Gasteiger partial charge on any atom is -0.425 e. The van der Waals surface area contributed by atoms with Crippen molar-refractivity contribution in [3.05, 3.63) is 12.2 Å². The summed E-state index contributed by atoms with van der Waals surface area (Å²) in [4.78, 5) is 11.9. The highest BCUT2D eigenvalue weighted by molar-refractivity contribution is 6.02. The maximum Gasteiger partial charge on any atom is 0.335 e. The van der Waals surface area contributed by atoms with Gasteiger partial charge in [0, 0.05) is 12.5 Å². The first kappa shape index (κ1) is 20.1. The van der Waals surface area contributed by atoms with E-state index in [9.17, 15) is 4.79 Å². The third-order valence-corrected chi connectivity index (χ3v) is 5.85. The van der Waals surface area contributed by atoms with E-state index in [-0.39, 0.29) is 5.57 Å². The molecular weight excluding hydrogens is 349 g/mol. The van der Waals surface area contributed by atoms with Gasteiger partial charge in [0.15, 0.2) is 16.8 Å². The Kier molecular flexibility index (Phi) is 8.56. The molecule has 0 aliphatic carbocycles. The smallest absolute Gasteiger partial charge is 0.335 e. The highest BCUT2D eigenvalue weighted by atomic mass is 28.2. The highest BCUT2D eigenvalue weighted by Crippen LogP contribution is 2.35. The lowest BCUT2D eigenvalue weighted by Crippen LogP contribution is -2.66. The van der Waals surface area contributed by atoms with E-state index in [1.807, 2.05) is 0 Å². The first-order chi connectivity index (χ1) is 9.28. The molecule has 0 spiro atoms.